The molecule has 1 atom stereocenters. The number of likely N-dealkylation sites (tertiary alicyclic amines) is 1. The van der Waals surface area contributed by atoms with Crippen molar-refractivity contribution in [1.82, 2.24) is 4.90 Å². The summed E-state index contributed by atoms with van der Waals surface area (Å²) in [5.41, 5.74) is 2.58. The van der Waals surface area contributed by atoms with Crippen molar-refractivity contribution in [2.75, 3.05) is 25.0 Å². The molecule has 2 aliphatic rings. The zero-order chi connectivity index (χ0) is 21.6. The lowest BCUT2D eigenvalue weighted by Gasteiger charge is -2.27. The molecule has 0 saturated carbocycles. The average molecular weight is 456 g/mol. The van der Waals surface area contributed by atoms with Gasteiger partial charge in [0.2, 0.25) is 5.91 Å². The summed E-state index contributed by atoms with van der Waals surface area (Å²) in [5.74, 6) is 0.00165. The molecule has 0 aromatic carbocycles. The highest BCUT2D eigenvalue weighted by atomic mass is 32.1. The van der Waals surface area contributed by atoms with Gasteiger partial charge in [-0.2, -0.15) is 16.6 Å². The smallest absolute Gasteiger partial charge is 0.409 e. The zero-order valence-electron chi connectivity index (χ0n) is 17.3. The van der Waals surface area contributed by atoms with Gasteiger partial charge in [-0.1, -0.05) is 0 Å². The molecule has 2 amide bonds. The first-order valence-electron chi connectivity index (χ1n) is 10.6. The summed E-state index contributed by atoms with van der Waals surface area (Å²) in [4.78, 5) is 27.5. The molecule has 6 nitrogen and oxygen atoms in total. The molecule has 8 heteroatoms. The lowest BCUT2D eigenvalue weighted by atomic mass is 9.88. The minimum absolute atomic E-state index is 0.209. The second-order valence-electron chi connectivity index (χ2n) is 7.93. The molecule has 0 spiro atoms. The molecule has 4 rings (SSSR count). The van der Waals surface area contributed by atoms with Gasteiger partial charge in [0.05, 0.1) is 12.2 Å². The number of nitriles is 1. The molecule has 1 aliphatic heterocycles. The molecular formula is C23H25N3O3S2. The van der Waals surface area contributed by atoms with Crippen LogP contribution < -0.4 is 5.32 Å². The van der Waals surface area contributed by atoms with Crippen LogP contribution in [0.5, 0.6) is 0 Å². The summed E-state index contributed by atoms with van der Waals surface area (Å²) in [6.45, 7) is 1.97. The molecule has 2 aromatic rings. The first-order chi connectivity index (χ1) is 15.1. The standard InChI is InChI=1S/C23H25N3O3S2/c24-13-19-18-6-4-17(14-29-23(28)26-9-2-1-3-10-26)12-20(18)31-22(19)25-21(27)7-5-16-8-11-30-15-16/h5,7-8,11,15,17H,1-4,6,9-10,12,14H2,(H,25,27). The number of nitrogens with zero attached hydrogens (tertiary/aromatic N) is 2. The second kappa shape index (κ2) is 10.1. The van der Waals surface area contributed by atoms with E-state index >= 15 is 0 Å². The third-order valence-electron chi connectivity index (χ3n) is 5.74. The monoisotopic (exact) mass is 455 g/mol. The van der Waals surface area contributed by atoms with E-state index in [0.717, 1.165) is 61.2 Å². The maximum atomic E-state index is 12.3. The van der Waals surface area contributed by atoms with Crippen molar-refractivity contribution in [3.63, 3.8) is 0 Å². The Morgan fingerprint density at radius 3 is 2.90 bits per heavy atom. The van der Waals surface area contributed by atoms with E-state index in [0.29, 0.717) is 17.2 Å². The first kappa shape index (κ1) is 21.6. The largest absolute Gasteiger partial charge is 0.449 e. The molecule has 31 heavy (non-hydrogen) atoms. The van der Waals surface area contributed by atoms with Crippen molar-refractivity contribution in [2.24, 2.45) is 5.92 Å². The number of amides is 2. The number of thiophene rings is 2. The number of piperidine rings is 1. The number of rotatable bonds is 5. The van der Waals surface area contributed by atoms with Crippen LogP contribution in [-0.2, 0) is 22.4 Å². The van der Waals surface area contributed by atoms with Crippen LogP contribution in [0.3, 0.4) is 0 Å². The van der Waals surface area contributed by atoms with E-state index in [1.807, 2.05) is 16.8 Å². The van der Waals surface area contributed by atoms with Crippen LogP contribution >= 0.6 is 22.7 Å². The van der Waals surface area contributed by atoms with Crippen LogP contribution in [0.25, 0.3) is 6.08 Å². The predicted molar refractivity (Wildman–Crippen MR) is 123 cm³/mol. The topological polar surface area (TPSA) is 82.4 Å². The highest BCUT2D eigenvalue weighted by Crippen LogP contribution is 2.39. The second-order valence-corrected chi connectivity index (χ2v) is 9.82. The molecule has 0 bridgehead atoms. The van der Waals surface area contributed by atoms with Crippen LogP contribution in [-0.4, -0.2) is 36.6 Å². The summed E-state index contributed by atoms with van der Waals surface area (Å²) in [7, 11) is 0. The Kier molecular flexibility index (Phi) is 7.05. The van der Waals surface area contributed by atoms with E-state index in [1.165, 1.54) is 23.8 Å². The van der Waals surface area contributed by atoms with E-state index in [4.69, 9.17) is 4.74 Å². The molecule has 1 N–H and O–H groups in total. The summed E-state index contributed by atoms with van der Waals surface area (Å²) >= 11 is 3.04. The zero-order valence-corrected chi connectivity index (χ0v) is 18.9. The predicted octanol–water partition coefficient (Wildman–Crippen LogP) is 5.06. The molecule has 1 aliphatic carbocycles. The number of carbonyl (C=O) groups excluding carboxylic acids is 2. The quantitative estimate of drug-likeness (QED) is 0.639. The highest BCUT2D eigenvalue weighted by molar-refractivity contribution is 7.16. The van der Waals surface area contributed by atoms with Crippen LogP contribution in [0, 0.1) is 17.2 Å². The van der Waals surface area contributed by atoms with Gasteiger partial charge in [0.25, 0.3) is 0 Å². The summed E-state index contributed by atoms with van der Waals surface area (Å²) in [5, 5.41) is 17.1. The van der Waals surface area contributed by atoms with E-state index in [1.54, 1.807) is 22.3 Å². The van der Waals surface area contributed by atoms with Crippen LogP contribution in [0.15, 0.2) is 22.9 Å². The van der Waals surface area contributed by atoms with Crippen molar-refractivity contribution in [2.45, 2.75) is 38.5 Å². The molecule has 0 radical (unpaired) electrons. The maximum Gasteiger partial charge on any atom is 0.409 e. The van der Waals surface area contributed by atoms with Gasteiger partial charge in [0.15, 0.2) is 0 Å². The maximum absolute atomic E-state index is 12.3. The number of anilines is 1. The van der Waals surface area contributed by atoms with Crippen LogP contribution in [0.2, 0.25) is 0 Å². The summed E-state index contributed by atoms with van der Waals surface area (Å²) in [6, 6.07) is 4.21. The molecule has 162 valence electrons. The van der Waals surface area contributed by atoms with Gasteiger partial charge < -0.3 is 15.0 Å². The lowest BCUT2D eigenvalue weighted by Crippen LogP contribution is -2.37. The van der Waals surface area contributed by atoms with Gasteiger partial charge in [-0.15, -0.1) is 11.3 Å². The first-order valence-corrected chi connectivity index (χ1v) is 12.4. The summed E-state index contributed by atoms with van der Waals surface area (Å²) in [6.07, 6.45) is 8.72. The van der Waals surface area contributed by atoms with Crippen molar-refractivity contribution in [3.05, 3.63) is 44.5 Å². The van der Waals surface area contributed by atoms with Gasteiger partial charge in [-0.05, 0) is 78.5 Å². The normalized spacial score (nSPS) is 18.4. The minimum atomic E-state index is -0.242. The number of fused-ring (bicyclic) bond motifs is 1. The van der Waals surface area contributed by atoms with Crippen molar-refractivity contribution in [3.8, 4) is 6.07 Å². The molecule has 2 aromatic heterocycles. The number of ether oxygens (including phenoxy) is 1. The molecule has 1 fully saturated rings. The number of hydrogen-bond donors (Lipinski definition) is 1. The fourth-order valence-electron chi connectivity index (χ4n) is 4.06. The Balaban J connectivity index is 1.36. The van der Waals surface area contributed by atoms with Crippen molar-refractivity contribution < 1.29 is 14.3 Å². The van der Waals surface area contributed by atoms with Gasteiger partial charge in [-0.3, -0.25) is 4.79 Å². The number of hydrogen-bond acceptors (Lipinski definition) is 6. The third-order valence-corrected chi connectivity index (χ3v) is 7.61. The van der Waals surface area contributed by atoms with Crippen LogP contribution in [0.4, 0.5) is 9.80 Å². The number of nitrogens with one attached hydrogen (secondary N) is 1. The third kappa shape index (κ3) is 5.35. The van der Waals surface area contributed by atoms with E-state index in [2.05, 4.69) is 11.4 Å². The SMILES string of the molecule is N#Cc1c(NC(=O)C=Cc2ccsc2)sc2c1CCC(COC(=O)N1CCCCC1)C2. The van der Waals surface area contributed by atoms with Crippen LogP contribution in [0.1, 0.15) is 47.3 Å². The summed E-state index contributed by atoms with van der Waals surface area (Å²) < 4.78 is 5.58. The minimum Gasteiger partial charge on any atom is -0.449 e. The van der Waals surface area contributed by atoms with Gasteiger partial charge in [0, 0.05) is 24.0 Å². The molecule has 1 saturated heterocycles. The Morgan fingerprint density at radius 1 is 1.32 bits per heavy atom. The lowest BCUT2D eigenvalue weighted by molar-refractivity contribution is -0.111. The molecular weight excluding hydrogens is 430 g/mol. The Bertz CT molecular complexity index is 998. The van der Waals surface area contributed by atoms with Crippen molar-refractivity contribution in [1.29, 1.82) is 5.26 Å². The van der Waals surface area contributed by atoms with Gasteiger partial charge >= 0.3 is 6.09 Å². The number of carbonyl (C=O) groups is 2. The van der Waals surface area contributed by atoms with E-state index < -0.39 is 0 Å². The van der Waals surface area contributed by atoms with E-state index in [9.17, 15) is 14.9 Å². The molecule has 3 heterocycles. The van der Waals surface area contributed by atoms with Gasteiger partial charge in [0.1, 0.15) is 11.1 Å². The fourth-order valence-corrected chi connectivity index (χ4v) is 6.00. The highest BCUT2D eigenvalue weighted by Gasteiger charge is 2.28. The Morgan fingerprint density at radius 2 is 2.16 bits per heavy atom. The van der Waals surface area contributed by atoms with E-state index in [-0.39, 0.29) is 17.9 Å². The van der Waals surface area contributed by atoms with Gasteiger partial charge in [-0.25, -0.2) is 4.79 Å². The fraction of sp³-hybridized carbons (Fsp3) is 0.435. The Hall–Kier alpha value is -2.63. The Labute approximate surface area is 190 Å². The van der Waals surface area contributed by atoms with Crippen molar-refractivity contribution >= 4 is 45.8 Å². The average Bonchev–Trinajstić information content (AvgIpc) is 3.43. The molecule has 1 unspecified atom stereocenters.